The van der Waals surface area contributed by atoms with Gasteiger partial charge in [0.2, 0.25) is 5.91 Å². The molecular formula is C24H32N6OS. The second kappa shape index (κ2) is 9.32. The molecule has 1 N–H and O–H groups in total. The van der Waals surface area contributed by atoms with Crippen LogP contribution in [0.3, 0.4) is 0 Å². The number of nitriles is 1. The summed E-state index contributed by atoms with van der Waals surface area (Å²) < 4.78 is 2.34. The van der Waals surface area contributed by atoms with Crippen molar-refractivity contribution in [3.05, 3.63) is 27.7 Å². The highest BCUT2D eigenvalue weighted by molar-refractivity contribution is 7.16. The van der Waals surface area contributed by atoms with Crippen LogP contribution in [0.5, 0.6) is 0 Å². The molecule has 0 spiro atoms. The zero-order valence-electron chi connectivity index (χ0n) is 18.9. The molecule has 3 aliphatic rings. The number of rotatable bonds is 4. The second-order valence-corrected chi connectivity index (χ2v) is 10.8. The van der Waals surface area contributed by atoms with Gasteiger partial charge in [-0.15, -0.1) is 21.5 Å². The minimum Gasteiger partial charge on any atom is -0.315 e. The SMILES string of the molecule is C[C@H]1CCc2c(sc(NC(=O)CN3CCC[C@H](c4nnc5n4CCCCC5)C3)c2C#N)C1. The first-order chi connectivity index (χ1) is 15.6. The second-order valence-electron chi connectivity index (χ2n) is 9.73. The van der Waals surface area contributed by atoms with E-state index in [1.165, 1.54) is 24.1 Å². The lowest BCUT2D eigenvalue weighted by molar-refractivity contribution is -0.117. The first-order valence-corrected chi connectivity index (χ1v) is 12.9. The number of nitrogens with zero attached hydrogens (tertiary/aromatic N) is 5. The van der Waals surface area contributed by atoms with Crippen LogP contribution in [-0.4, -0.2) is 45.2 Å². The number of hydrogen-bond acceptors (Lipinski definition) is 6. The molecule has 1 fully saturated rings. The maximum absolute atomic E-state index is 12.9. The Morgan fingerprint density at radius 2 is 2.09 bits per heavy atom. The zero-order valence-corrected chi connectivity index (χ0v) is 19.7. The Labute approximate surface area is 193 Å². The maximum atomic E-state index is 12.9. The van der Waals surface area contributed by atoms with Crippen LogP contribution in [0.15, 0.2) is 0 Å². The standard InChI is InChI=1S/C24H32N6OS/c1-16-8-9-18-19(13-25)24(32-20(18)12-16)26-22(31)15-29-10-5-6-17(14-29)23-28-27-21-7-3-2-4-11-30(21)23/h16-17H,2-12,14-15H2,1H3,(H,26,31)/t16-,17-/m0/s1. The summed E-state index contributed by atoms with van der Waals surface area (Å²) >= 11 is 1.60. The molecule has 2 aromatic heterocycles. The predicted octanol–water partition coefficient (Wildman–Crippen LogP) is 3.88. The molecule has 7 nitrogen and oxygen atoms in total. The quantitative estimate of drug-likeness (QED) is 0.761. The van der Waals surface area contributed by atoms with Crippen LogP contribution in [0.1, 0.15) is 79.0 Å². The van der Waals surface area contributed by atoms with E-state index in [-0.39, 0.29) is 5.91 Å². The van der Waals surface area contributed by atoms with E-state index in [2.05, 4.69) is 38.0 Å². The van der Waals surface area contributed by atoms with E-state index in [9.17, 15) is 10.1 Å². The highest BCUT2D eigenvalue weighted by Crippen LogP contribution is 2.39. The number of likely N-dealkylation sites (tertiary alicyclic amines) is 1. The summed E-state index contributed by atoms with van der Waals surface area (Å²) in [4.78, 5) is 16.4. The number of thiophene rings is 1. The van der Waals surface area contributed by atoms with E-state index < -0.39 is 0 Å². The average molecular weight is 453 g/mol. The van der Waals surface area contributed by atoms with E-state index in [0.29, 0.717) is 23.9 Å². The van der Waals surface area contributed by atoms with Crippen molar-refractivity contribution < 1.29 is 4.79 Å². The van der Waals surface area contributed by atoms with Crippen LogP contribution < -0.4 is 5.32 Å². The van der Waals surface area contributed by atoms with Gasteiger partial charge >= 0.3 is 0 Å². The van der Waals surface area contributed by atoms with Crippen LogP contribution in [0.25, 0.3) is 0 Å². The third kappa shape index (κ3) is 4.33. The number of aromatic nitrogens is 3. The zero-order chi connectivity index (χ0) is 22.1. The smallest absolute Gasteiger partial charge is 0.239 e. The fourth-order valence-electron chi connectivity index (χ4n) is 5.55. The first kappa shape index (κ1) is 21.6. The Hall–Kier alpha value is -2.24. The molecule has 32 heavy (non-hydrogen) atoms. The molecule has 8 heteroatoms. The average Bonchev–Trinajstić information content (AvgIpc) is 3.25. The minimum absolute atomic E-state index is 0.0196. The van der Waals surface area contributed by atoms with Crippen molar-refractivity contribution in [1.29, 1.82) is 5.26 Å². The third-order valence-electron chi connectivity index (χ3n) is 7.25. The van der Waals surface area contributed by atoms with Crippen molar-refractivity contribution in [2.45, 2.75) is 77.2 Å². The molecular weight excluding hydrogens is 420 g/mol. The van der Waals surface area contributed by atoms with Gasteiger partial charge in [0.15, 0.2) is 0 Å². The predicted molar refractivity (Wildman–Crippen MR) is 125 cm³/mol. The largest absolute Gasteiger partial charge is 0.315 e. The van der Waals surface area contributed by atoms with Gasteiger partial charge in [-0.05, 0) is 63.0 Å². The van der Waals surface area contributed by atoms with Crippen molar-refractivity contribution in [3.8, 4) is 6.07 Å². The molecule has 0 aromatic carbocycles. The topological polar surface area (TPSA) is 86.8 Å². The fourth-order valence-corrected chi connectivity index (χ4v) is 6.92. The van der Waals surface area contributed by atoms with Crippen molar-refractivity contribution in [2.24, 2.45) is 5.92 Å². The molecule has 5 rings (SSSR count). The third-order valence-corrected chi connectivity index (χ3v) is 8.42. The summed E-state index contributed by atoms with van der Waals surface area (Å²) in [5.41, 5.74) is 1.85. The summed E-state index contributed by atoms with van der Waals surface area (Å²) in [5, 5.41) is 22.6. The number of piperidine rings is 1. The van der Waals surface area contributed by atoms with Crippen molar-refractivity contribution in [2.75, 3.05) is 25.0 Å². The number of hydrogen-bond donors (Lipinski definition) is 1. The Bertz CT molecular complexity index is 1030. The number of fused-ring (bicyclic) bond motifs is 2. The molecule has 0 bridgehead atoms. The van der Waals surface area contributed by atoms with Gasteiger partial charge in [0.1, 0.15) is 22.7 Å². The number of anilines is 1. The lowest BCUT2D eigenvalue weighted by Gasteiger charge is -2.31. The molecule has 0 unspecified atom stereocenters. The highest BCUT2D eigenvalue weighted by atomic mass is 32.1. The van der Waals surface area contributed by atoms with E-state index in [0.717, 1.165) is 80.4 Å². The summed E-state index contributed by atoms with van der Waals surface area (Å²) in [7, 11) is 0. The Morgan fingerprint density at radius 3 is 2.97 bits per heavy atom. The van der Waals surface area contributed by atoms with Crippen molar-refractivity contribution in [1.82, 2.24) is 19.7 Å². The Kier molecular flexibility index (Phi) is 6.29. The monoisotopic (exact) mass is 452 g/mol. The van der Waals surface area contributed by atoms with Gasteiger partial charge in [-0.2, -0.15) is 5.26 Å². The van der Waals surface area contributed by atoms with Gasteiger partial charge in [0.05, 0.1) is 12.1 Å². The molecule has 0 saturated carbocycles. The van der Waals surface area contributed by atoms with Crippen molar-refractivity contribution in [3.63, 3.8) is 0 Å². The van der Waals surface area contributed by atoms with Crippen LogP contribution in [0, 0.1) is 17.2 Å². The Morgan fingerprint density at radius 1 is 1.19 bits per heavy atom. The molecule has 1 saturated heterocycles. The van der Waals surface area contributed by atoms with Gasteiger partial charge in [-0.25, -0.2) is 0 Å². The first-order valence-electron chi connectivity index (χ1n) is 12.1. The van der Waals surface area contributed by atoms with Crippen molar-refractivity contribution >= 4 is 22.2 Å². The normalized spacial score (nSPS) is 23.6. The number of amides is 1. The number of carbonyl (C=O) groups is 1. The van der Waals surface area contributed by atoms with E-state index in [1.807, 2.05) is 0 Å². The van der Waals surface area contributed by atoms with E-state index in [4.69, 9.17) is 0 Å². The summed E-state index contributed by atoms with van der Waals surface area (Å²) in [6.07, 6.45) is 9.93. The number of carbonyl (C=O) groups excluding carboxylic acids is 1. The van der Waals surface area contributed by atoms with E-state index >= 15 is 0 Å². The summed E-state index contributed by atoms with van der Waals surface area (Å²) in [6, 6.07) is 2.35. The summed E-state index contributed by atoms with van der Waals surface area (Å²) in [5.74, 6) is 3.20. The van der Waals surface area contributed by atoms with Crippen LogP contribution in [0.2, 0.25) is 0 Å². The lowest BCUT2D eigenvalue weighted by atomic mass is 9.89. The highest BCUT2D eigenvalue weighted by Gasteiger charge is 2.29. The number of aryl methyl sites for hydroxylation is 1. The fraction of sp³-hybridized carbons (Fsp3) is 0.667. The van der Waals surface area contributed by atoms with Crippen LogP contribution in [0.4, 0.5) is 5.00 Å². The lowest BCUT2D eigenvalue weighted by Crippen LogP contribution is -2.40. The molecule has 1 amide bonds. The van der Waals surface area contributed by atoms with Crippen LogP contribution in [-0.2, 0) is 30.6 Å². The molecule has 2 atom stereocenters. The molecule has 170 valence electrons. The molecule has 2 aromatic rings. The molecule has 2 aliphatic heterocycles. The van der Waals surface area contributed by atoms with Gasteiger partial charge in [0, 0.05) is 30.3 Å². The van der Waals surface area contributed by atoms with Gasteiger partial charge in [-0.3, -0.25) is 9.69 Å². The number of nitrogens with one attached hydrogen (secondary N) is 1. The van der Waals surface area contributed by atoms with E-state index in [1.54, 1.807) is 11.3 Å². The summed E-state index contributed by atoms with van der Waals surface area (Å²) in [6.45, 7) is 5.41. The van der Waals surface area contributed by atoms with Gasteiger partial charge < -0.3 is 9.88 Å². The molecule has 1 aliphatic carbocycles. The van der Waals surface area contributed by atoms with Gasteiger partial charge in [0.25, 0.3) is 0 Å². The molecule has 4 heterocycles. The molecule has 0 radical (unpaired) electrons. The van der Waals surface area contributed by atoms with Gasteiger partial charge in [-0.1, -0.05) is 13.3 Å². The maximum Gasteiger partial charge on any atom is 0.239 e. The minimum atomic E-state index is -0.0196. The Balaban J connectivity index is 1.24. The van der Waals surface area contributed by atoms with Crippen LogP contribution >= 0.6 is 11.3 Å².